The quantitative estimate of drug-likeness (QED) is 0.0198. The fourth-order valence-corrected chi connectivity index (χ4v) is 14.3. The first kappa shape index (κ1) is 56.4. The second-order valence-electron chi connectivity index (χ2n) is 17.9. The number of amidine groups is 1. The maximum Gasteiger partial charge on any atom is 0.198 e. The van der Waals surface area contributed by atoms with E-state index in [0.717, 1.165) is 16.7 Å². The maximum atomic E-state index is 14.1. The van der Waals surface area contributed by atoms with E-state index in [4.69, 9.17) is 20.6 Å². The van der Waals surface area contributed by atoms with Crippen LogP contribution in [0.5, 0.6) is 11.5 Å². The van der Waals surface area contributed by atoms with Gasteiger partial charge in [-0.1, -0.05) is 182 Å². The highest BCUT2D eigenvalue weighted by Crippen LogP contribution is 2.63. The molecule has 0 saturated carbocycles. The molecule has 4 aromatic rings. The number of halogens is 2. The fraction of sp³-hybridized carbons (Fsp3) is 0.509. The molecule has 356 valence electrons. The minimum Gasteiger partial charge on any atom is -1.00 e. The number of fused-ring (bicyclic) bond motifs is 2. The van der Waals surface area contributed by atoms with E-state index in [-0.39, 0.29) is 75.0 Å². The molecule has 0 unspecified atom stereocenters. The van der Waals surface area contributed by atoms with E-state index in [1.807, 2.05) is 24.3 Å². The summed E-state index contributed by atoms with van der Waals surface area (Å²) in [5, 5.41) is 7.57. The van der Waals surface area contributed by atoms with Crippen LogP contribution < -0.4 is 32.2 Å². The van der Waals surface area contributed by atoms with Crippen molar-refractivity contribution in [1.29, 1.82) is 5.41 Å². The molecule has 0 saturated heterocycles. The summed E-state index contributed by atoms with van der Waals surface area (Å²) in [6, 6.07) is 27.5. The van der Waals surface area contributed by atoms with Gasteiger partial charge >= 0.3 is 0 Å². The summed E-state index contributed by atoms with van der Waals surface area (Å²) < 4.78 is 12.8. The molecule has 0 bridgehead atoms. The number of ketones is 2. The van der Waals surface area contributed by atoms with Crippen LogP contribution in [-0.4, -0.2) is 35.2 Å². The maximum absolute atomic E-state index is 14.1. The Morgan fingerprint density at radius 3 is 1.26 bits per heavy atom. The molecule has 65 heavy (non-hydrogen) atoms. The average molecular weight is 1050 g/mol. The lowest BCUT2D eigenvalue weighted by molar-refractivity contribution is -0.0000282. The van der Waals surface area contributed by atoms with Crippen molar-refractivity contribution >= 4 is 52.7 Å². The van der Waals surface area contributed by atoms with E-state index in [1.165, 1.54) is 158 Å². The number of thioether (sulfide) groups is 1. The number of unbranched alkanes of at least 4 members (excludes halogenated alkanes) is 15. The number of hydrogen-bond donors (Lipinski definition) is 2. The minimum absolute atomic E-state index is 0. The molecule has 3 N–H and O–H groups in total. The zero-order chi connectivity index (χ0) is 44.7. The Balaban J connectivity index is 0.00000561. The summed E-state index contributed by atoms with van der Waals surface area (Å²) in [7, 11) is -1.18. The first-order chi connectivity index (χ1) is 30.8. The first-order valence-corrected chi connectivity index (χ1v) is 27.9. The van der Waals surface area contributed by atoms with Crippen LogP contribution >= 0.6 is 36.0 Å². The number of carbonyl (C=O) groups is 2. The van der Waals surface area contributed by atoms with Crippen molar-refractivity contribution < 1.29 is 36.0 Å². The van der Waals surface area contributed by atoms with Crippen LogP contribution in [0.4, 0.5) is 0 Å². The van der Waals surface area contributed by atoms with Crippen LogP contribution in [0.3, 0.4) is 0 Å². The summed E-state index contributed by atoms with van der Waals surface area (Å²) in [6.07, 6.45) is 30.0. The molecule has 0 spiro atoms. The van der Waals surface area contributed by atoms with Crippen molar-refractivity contribution in [2.75, 3.05) is 18.5 Å². The largest absolute Gasteiger partial charge is 1.00 e. The fourth-order valence-electron chi connectivity index (χ4n) is 9.00. The summed E-state index contributed by atoms with van der Waals surface area (Å²) in [4.78, 5) is 28.2. The van der Waals surface area contributed by atoms with Gasteiger partial charge < -0.3 is 32.2 Å². The standard InChI is InChI=1S/C55H76N2O4PS.2BrH/c1-4-7-10-13-16-21-36-62(37-22-17-14-11-8-5-2,38-23-18-15-12-9-6-3)41-45-30-26-43(27-31-45)39-60-49-34-35-50(61-40-44-28-32-46(33-29-44)42-63-55(56)57)52-51(49)53(58)47-24-19-20-25-48(47)54(52)59;;/h19-20,24-35H,4-18,21-23,36-42H2,1-3H3,(H3,56,57);2*1H/q+1;;/p-1. The SMILES string of the molecule is Br.CCCCCCCC[P+](CCCCCCCC)(CCCCCCCC)Cc1ccc(COc2ccc(OCc3ccc(CSC(=N)N)cc3)c3c2C(=O)c2ccccc2C3=O)cc1.[Br-]. The second kappa shape index (κ2) is 31.1. The van der Waals surface area contributed by atoms with Crippen LogP contribution in [0, 0.1) is 5.41 Å². The van der Waals surface area contributed by atoms with Gasteiger partial charge in [0.25, 0.3) is 0 Å². The minimum atomic E-state index is -1.18. The molecule has 0 aromatic heterocycles. The highest BCUT2D eigenvalue weighted by atomic mass is 79.9. The topological polar surface area (TPSA) is 102 Å². The molecule has 0 atom stereocenters. The van der Waals surface area contributed by atoms with Crippen molar-refractivity contribution in [2.24, 2.45) is 5.73 Å². The van der Waals surface area contributed by atoms with Crippen molar-refractivity contribution in [1.82, 2.24) is 0 Å². The Bertz CT molecular complexity index is 1990. The van der Waals surface area contributed by atoms with Gasteiger partial charge in [0.05, 0.1) is 35.8 Å². The molecule has 0 fully saturated rings. The summed E-state index contributed by atoms with van der Waals surface area (Å²) in [5.74, 6) is 0.899. The van der Waals surface area contributed by atoms with Crippen molar-refractivity contribution in [3.63, 3.8) is 0 Å². The van der Waals surface area contributed by atoms with E-state index >= 15 is 0 Å². The first-order valence-electron chi connectivity index (χ1n) is 24.4. The number of carbonyl (C=O) groups excluding carboxylic acids is 2. The molecule has 0 aliphatic heterocycles. The Morgan fingerprint density at radius 1 is 0.523 bits per heavy atom. The average Bonchev–Trinajstić information content (AvgIpc) is 3.30. The molecule has 1 aliphatic carbocycles. The predicted molar refractivity (Wildman–Crippen MR) is 280 cm³/mol. The van der Waals surface area contributed by atoms with Crippen LogP contribution in [0.2, 0.25) is 0 Å². The van der Waals surface area contributed by atoms with E-state index < -0.39 is 7.26 Å². The molecule has 0 amide bonds. The zero-order valence-electron chi connectivity index (χ0n) is 39.6. The van der Waals surface area contributed by atoms with Gasteiger partial charge in [-0.3, -0.25) is 15.0 Å². The van der Waals surface area contributed by atoms with Crippen molar-refractivity contribution in [2.45, 2.75) is 161 Å². The van der Waals surface area contributed by atoms with Crippen LogP contribution in [0.25, 0.3) is 0 Å². The lowest BCUT2D eigenvalue weighted by Gasteiger charge is -2.29. The highest BCUT2D eigenvalue weighted by molar-refractivity contribution is 8.93. The summed E-state index contributed by atoms with van der Waals surface area (Å²) >= 11 is 1.28. The van der Waals surface area contributed by atoms with Gasteiger partial charge in [0.15, 0.2) is 16.7 Å². The number of nitrogens with two attached hydrogens (primary N) is 1. The molecular formula is C55H77Br2N2O4PS. The molecule has 5 rings (SSSR count). The third-order valence-corrected chi connectivity index (χ3v) is 18.3. The van der Waals surface area contributed by atoms with Gasteiger partial charge in [0, 0.05) is 24.1 Å². The van der Waals surface area contributed by atoms with Gasteiger partial charge in [-0.2, -0.15) is 0 Å². The Morgan fingerprint density at radius 2 is 0.877 bits per heavy atom. The molecule has 0 heterocycles. The molecule has 4 aromatic carbocycles. The number of hydrogen-bond acceptors (Lipinski definition) is 6. The normalized spacial score (nSPS) is 11.9. The smallest absolute Gasteiger partial charge is 0.198 e. The number of benzene rings is 4. The van der Waals surface area contributed by atoms with Crippen LogP contribution in [0.15, 0.2) is 84.9 Å². The van der Waals surface area contributed by atoms with Crippen molar-refractivity contribution in [3.05, 3.63) is 129 Å². The van der Waals surface area contributed by atoms with E-state index in [2.05, 4.69) is 45.0 Å². The zero-order valence-corrected chi connectivity index (χ0v) is 44.6. The van der Waals surface area contributed by atoms with Gasteiger partial charge in [-0.15, -0.1) is 17.0 Å². The van der Waals surface area contributed by atoms with Gasteiger partial charge in [-0.05, 0) is 72.9 Å². The second-order valence-corrected chi connectivity index (χ2v) is 23.2. The Hall–Kier alpha value is -2.97. The molecule has 6 nitrogen and oxygen atoms in total. The van der Waals surface area contributed by atoms with Gasteiger partial charge in [0.2, 0.25) is 0 Å². The lowest BCUT2D eigenvalue weighted by Crippen LogP contribution is -3.00. The molecule has 10 heteroatoms. The van der Waals surface area contributed by atoms with E-state index in [9.17, 15) is 9.59 Å². The van der Waals surface area contributed by atoms with Crippen molar-refractivity contribution in [3.8, 4) is 11.5 Å². The van der Waals surface area contributed by atoms with Gasteiger partial charge in [0.1, 0.15) is 24.7 Å². The molecule has 0 radical (unpaired) electrons. The molecular weight excluding hydrogens is 975 g/mol. The Kier molecular flexibility index (Phi) is 27.0. The highest BCUT2D eigenvalue weighted by Gasteiger charge is 2.37. The third-order valence-electron chi connectivity index (χ3n) is 12.7. The number of nitrogens with one attached hydrogen (secondary N) is 1. The van der Waals surface area contributed by atoms with Crippen LogP contribution in [0.1, 0.15) is 190 Å². The lowest BCUT2D eigenvalue weighted by atomic mass is 9.83. The summed E-state index contributed by atoms with van der Waals surface area (Å²) in [5.41, 5.74) is 11.3. The Labute approximate surface area is 418 Å². The molecule has 1 aliphatic rings. The predicted octanol–water partition coefficient (Wildman–Crippen LogP) is 12.9. The van der Waals surface area contributed by atoms with Crippen LogP contribution in [-0.2, 0) is 25.1 Å². The monoisotopic (exact) mass is 1050 g/mol. The van der Waals surface area contributed by atoms with Gasteiger partial charge in [-0.25, -0.2) is 0 Å². The van der Waals surface area contributed by atoms with E-state index in [1.54, 1.807) is 36.4 Å². The third kappa shape index (κ3) is 18.2. The number of ether oxygens (including phenoxy) is 2. The number of rotatable bonds is 31. The van der Waals surface area contributed by atoms with E-state index in [0.29, 0.717) is 28.4 Å². The summed E-state index contributed by atoms with van der Waals surface area (Å²) in [6.45, 7) is 7.43.